The van der Waals surface area contributed by atoms with Crippen LogP contribution in [0.5, 0.6) is 0 Å². The van der Waals surface area contributed by atoms with E-state index in [4.69, 9.17) is 15.0 Å². The van der Waals surface area contributed by atoms with E-state index < -0.39 is 0 Å². The van der Waals surface area contributed by atoms with Gasteiger partial charge < -0.3 is 9.13 Å². The van der Waals surface area contributed by atoms with Gasteiger partial charge in [0.1, 0.15) is 0 Å². The molecule has 0 bridgehead atoms. The van der Waals surface area contributed by atoms with E-state index in [0.29, 0.717) is 23.0 Å². The van der Waals surface area contributed by atoms with E-state index in [1.54, 1.807) is 0 Å². The summed E-state index contributed by atoms with van der Waals surface area (Å²) in [6.07, 6.45) is 0. The molecule has 0 saturated carbocycles. The fourth-order valence-corrected chi connectivity index (χ4v) is 11.6. The van der Waals surface area contributed by atoms with Gasteiger partial charge in [0, 0.05) is 43.8 Å². The molecule has 6 heteroatoms. The van der Waals surface area contributed by atoms with Crippen molar-refractivity contribution in [1.82, 2.24) is 24.1 Å². The van der Waals surface area contributed by atoms with Gasteiger partial charge in [0.15, 0.2) is 17.5 Å². The van der Waals surface area contributed by atoms with Crippen LogP contribution >= 0.6 is 0 Å². The normalized spacial score (nSPS) is 12.5. The van der Waals surface area contributed by atoms with Crippen LogP contribution in [0.1, 0.15) is 122 Å². The minimum absolute atomic E-state index is 0.146. The molecule has 0 aliphatic rings. The average Bonchev–Trinajstić information content (AvgIpc) is 4.16. The van der Waals surface area contributed by atoms with Crippen LogP contribution in [0.25, 0.3) is 111 Å². The van der Waals surface area contributed by atoms with Crippen LogP contribution in [0.15, 0.2) is 182 Å². The molecule has 0 aliphatic heterocycles. The lowest BCUT2D eigenvalue weighted by Gasteiger charge is -2.26. The summed E-state index contributed by atoms with van der Waals surface area (Å²) in [4.78, 5) is 17.1. The Labute approximate surface area is 483 Å². The lowest BCUT2D eigenvalue weighted by Crippen LogP contribution is -2.17. The third kappa shape index (κ3) is 9.76. The van der Waals surface area contributed by atoms with Crippen molar-refractivity contribution in [2.45, 2.75) is 119 Å². The first-order valence-electron chi connectivity index (χ1n) is 28.8. The van der Waals surface area contributed by atoms with E-state index in [2.05, 4.69) is 270 Å². The zero-order valence-electron chi connectivity index (χ0n) is 50.0. The van der Waals surface area contributed by atoms with Crippen molar-refractivity contribution in [2.24, 2.45) is 0 Å². The molecule has 9 aromatic carbocycles. The predicted octanol–water partition coefficient (Wildman–Crippen LogP) is 20.1. The van der Waals surface area contributed by atoms with Gasteiger partial charge in [-0.15, -0.1) is 0 Å². The second-order valence-corrected chi connectivity index (χ2v) is 26.8. The molecule has 0 spiro atoms. The van der Waals surface area contributed by atoms with E-state index in [-0.39, 0.29) is 21.7 Å². The van der Waals surface area contributed by atoms with E-state index >= 15 is 0 Å². The monoisotopic (exact) mass is 1070 g/mol. The molecule has 0 amide bonds. The van der Waals surface area contributed by atoms with Crippen molar-refractivity contribution in [2.75, 3.05) is 0 Å². The van der Waals surface area contributed by atoms with E-state index in [9.17, 15) is 5.26 Å². The molecule has 0 unspecified atom stereocenters. The number of rotatable bonds is 7. The maximum atomic E-state index is 9.84. The smallest absolute Gasteiger partial charge is 0.166 e. The van der Waals surface area contributed by atoms with Crippen molar-refractivity contribution < 1.29 is 0 Å². The molecule has 0 aliphatic carbocycles. The van der Waals surface area contributed by atoms with Crippen molar-refractivity contribution in [3.63, 3.8) is 0 Å². The molecule has 0 saturated heterocycles. The molecule has 12 rings (SSSR count). The molecule has 0 atom stereocenters. The highest BCUT2D eigenvalue weighted by atomic mass is 15.1. The Kier molecular flexibility index (Phi) is 12.9. The minimum atomic E-state index is -0.146. The molecule has 0 fully saturated rings. The quantitative estimate of drug-likeness (QED) is 0.159. The topological polar surface area (TPSA) is 72.3 Å². The Bertz CT molecular complexity index is 4410. The molecule has 406 valence electrons. The molecular formula is C76H72N6. The summed E-state index contributed by atoms with van der Waals surface area (Å²) < 4.78 is 4.83. The number of fused-ring (bicyclic) bond motifs is 6. The van der Waals surface area contributed by atoms with Crippen molar-refractivity contribution in [1.29, 1.82) is 5.26 Å². The second kappa shape index (κ2) is 19.7. The summed E-state index contributed by atoms with van der Waals surface area (Å²) in [5.74, 6) is 1.81. The predicted molar refractivity (Wildman–Crippen MR) is 345 cm³/mol. The Morgan fingerprint density at radius 1 is 0.329 bits per heavy atom. The first-order chi connectivity index (χ1) is 38.9. The maximum absolute atomic E-state index is 9.84. The van der Waals surface area contributed by atoms with Gasteiger partial charge in [-0.2, -0.15) is 5.26 Å². The third-order valence-corrected chi connectivity index (χ3v) is 16.5. The number of aromatic nitrogens is 5. The Hall–Kier alpha value is -8.92. The highest BCUT2D eigenvalue weighted by Crippen LogP contribution is 2.44. The number of para-hydroxylation sites is 2. The fourth-order valence-electron chi connectivity index (χ4n) is 11.6. The van der Waals surface area contributed by atoms with E-state index in [1.165, 1.54) is 54.9 Å². The van der Waals surface area contributed by atoms with Gasteiger partial charge in [-0.3, -0.25) is 0 Å². The van der Waals surface area contributed by atoms with Gasteiger partial charge >= 0.3 is 0 Å². The van der Waals surface area contributed by atoms with Gasteiger partial charge in [0.05, 0.1) is 45.1 Å². The van der Waals surface area contributed by atoms with E-state index in [0.717, 1.165) is 72.4 Å². The second-order valence-electron chi connectivity index (χ2n) is 26.8. The molecule has 0 N–H and O–H groups in total. The van der Waals surface area contributed by atoms with Gasteiger partial charge in [-0.25, -0.2) is 15.0 Å². The van der Waals surface area contributed by atoms with Gasteiger partial charge in [0.25, 0.3) is 0 Å². The lowest BCUT2D eigenvalue weighted by molar-refractivity contribution is 0.568. The van der Waals surface area contributed by atoms with Crippen molar-refractivity contribution in [3.05, 3.63) is 221 Å². The van der Waals surface area contributed by atoms with Crippen molar-refractivity contribution in [3.8, 4) is 73.9 Å². The molecule has 12 aromatic rings. The number of aryl methyl sites for hydroxylation is 2. The highest BCUT2D eigenvalue weighted by Gasteiger charge is 2.28. The number of hydrogen-bond acceptors (Lipinski definition) is 4. The average molecular weight is 1070 g/mol. The Morgan fingerprint density at radius 3 is 1.15 bits per heavy atom. The SMILES string of the molecule is Cc1ccc2c(c1)c1ccccc1n2-c1ccc(-c2ccc(C#N)cc2)cc1-c1ccc(-n2c3ccccc3c3cc(C)ccc32)c(-c2nc(-c3cc(C(C)(C)C)cc(C(C)(C)C)c3)nc(-c3cc(C(C)(C)C)cc(C(C)(C)C)c3)n2)c1. The van der Waals surface area contributed by atoms with Crippen LogP contribution in [-0.4, -0.2) is 24.1 Å². The summed E-state index contributed by atoms with van der Waals surface area (Å²) in [5.41, 5.74) is 20.6. The van der Waals surface area contributed by atoms with Crippen LogP contribution < -0.4 is 0 Å². The largest absolute Gasteiger partial charge is 0.309 e. The zero-order chi connectivity index (χ0) is 57.8. The summed E-state index contributed by atoms with van der Waals surface area (Å²) in [6, 6.07) is 68.8. The molecule has 3 aromatic heterocycles. The van der Waals surface area contributed by atoms with Crippen LogP contribution in [0, 0.1) is 25.2 Å². The van der Waals surface area contributed by atoms with Crippen LogP contribution in [-0.2, 0) is 21.7 Å². The van der Waals surface area contributed by atoms with Crippen LogP contribution in [0.3, 0.4) is 0 Å². The molecule has 6 nitrogen and oxygen atoms in total. The summed E-state index contributed by atoms with van der Waals surface area (Å²) in [5, 5.41) is 14.6. The maximum Gasteiger partial charge on any atom is 0.166 e. The molecular weight excluding hydrogens is 997 g/mol. The van der Waals surface area contributed by atoms with Gasteiger partial charge in [0.2, 0.25) is 0 Å². The van der Waals surface area contributed by atoms with Crippen LogP contribution in [0.2, 0.25) is 0 Å². The van der Waals surface area contributed by atoms with Gasteiger partial charge in [-0.1, -0.05) is 179 Å². The van der Waals surface area contributed by atoms with Crippen molar-refractivity contribution >= 4 is 43.6 Å². The Balaban J connectivity index is 1.22. The lowest BCUT2D eigenvalue weighted by atomic mass is 9.79. The number of nitriles is 1. The minimum Gasteiger partial charge on any atom is -0.309 e. The first kappa shape index (κ1) is 53.7. The fraction of sp³-hybridized carbons (Fsp3) is 0.237. The molecule has 3 heterocycles. The van der Waals surface area contributed by atoms with E-state index in [1.807, 2.05) is 24.3 Å². The number of hydrogen-bond donors (Lipinski definition) is 0. The third-order valence-electron chi connectivity index (χ3n) is 16.5. The highest BCUT2D eigenvalue weighted by molar-refractivity contribution is 6.11. The summed E-state index contributed by atoms with van der Waals surface area (Å²) >= 11 is 0. The number of benzene rings is 9. The Morgan fingerprint density at radius 2 is 0.707 bits per heavy atom. The standard InChI is InChI=1S/C76H72N6/c1-46-23-31-67-61(35-46)58-19-15-17-21-64(58)81(67)66-33-29-50(49-27-25-48(45-77)26-28-49)41-60(66)51-30-34-69(82-65-22-18-16-20-59(65)62-36-47(2)24-32-68(62)82)63(42-51)72-79-70(52-37-54(73(3,4)5)43-55(38-52)74(6,7)8)78-71(80-72)53-39-56(75(9,10)11)44-57(40-53)76(12,13)14/h15-44H,1-14H3. The van der Waals surface area contributed by atoms with Gasteiger partial charge in [-0.05, 0) is 172 Å². The zero-order valence-corrected chi connectivity index (χ0v) is 50.0. The summed E-state index contributed by atoms with van der Waals surface area (Å²) in [7, 11) is 0. The van der Waals surface area contributed by atoms with Crippen LogP contribution in [0.4, 0.5) is 0 Å². The molecule has 0 radical (unpaired) electrons. The first-order valence-corrected chi connectivity index (χ1v) is 28.8. The summed E-state index contributed by atoms with van der Waals surface area (Å²) in [6.45, 7) is 31.7. The molecule has 82 heavy (non-hydrogen) atoms. The number of nitrogens with zero attached hydrogens (tertiary/aromatic N) is 6.